The summed E-state index contributed by atoms with van der Waals surface area (Å²) in [4.78, 5) is 35.8. The molecular weight excluding hydrogens is 420 g/mol. The lowest BCUT2D eigenvalue weighted by Gasteiger charge is -2.35. The number of carboxylic acids is 1. The first kappa shape index (κ1) is 21.2. The number of nitrogens with one attached hydrogen (secondary N) is 2. The van der Waals surface area contributed by atoms with E-state index in [2.05, 4.69) is 34.9 Å². The van der Waals surface area contributed by atoms with Crippen LogP contribution in [0, 0.1) is 5.92 Å². The minimum Gasteiger partial charge on any atom is -0.478 e. The van der Waals surface area contributed by atoms with Crippen LogP contribution in [-0.4, -0.2) is 41.8 Å². The van der Waals surface area contributed by atoms with E-state index in [1.54, 1.807) is 6.08 Å². The highest BCUT2D eigenvalue weighted by atomic mass is 16.5. The number of hydrogen-bond acceptors (Lipinski definition) is 4. The van der Waals surface area contributed by atoms with Gasteiger partial charge >= 0.3 is 12.1 Å². The molecule has 0 heterocycles. The van der Waals surface area contributed by atoms with Gasteiger partial charge in [-0.25, -0.2) is 9.59 Å². The minimum atomic E-state index is -0.928. The Kier molecular flexibility index (Phi) is 5.62. The van der Waals surface area contributed by atoms with Crippen molar-refractivity contribution >= 4 is 18.0 Å². The number of hydrogen-bond donors (Lipinski definition) is 3. The molecule has 170 valence electrons. The van der Waals surface area contributed by atoms with Gasteiger partial charge in [0, 0.05) is 29.5 Å². The average Bonchev–Trinajstić information content (AvgIpc) is 3.37. The number of rotatable bonds is 6. The summed E-state index contributed by atoms with van der Waals surface area (Å²) >= 11 is 0. The van der Waals surface area contributed by atoms with Gasteiger partial charge in [-0.2, -0.15) is 0 Å². The van der Waals surface area contributed by atoms with Crippen LogP contribution in [0.5, 0.6) is 0 Å². The summed E-state index contributed by atoms with van der Waals surface area (Å²) in [5.74, 6) is -1.16. The Hall–Kier alpha value is -3.61. The van der Waals surface area contributed by atoms with Crippen molar-refractivity contribution in [3.8, 4) is 11.1 Å². The molecule has 0 aliphatic heterocycles. The smallest absolute Gasteiger partial charge is 0.407 e. The van der Waals surface area contributed by atoms with Crippen LogP contribution in [0.15, 0.2) is 60.2 Å². The lowest BCUT2D eigenvalue weighted by Crippen LogP contribution is -2.51. The third-order valence-electron chi connectivity index (χ3n) is 6.91. The van der Waals surface area contributed by atoms with Gasteiger partial charge in [0.15, 0.2) is 0 Å². The van der Waals surface area contributed by atoms with Gasteiger partial charge in [0.25, 0.3) is 0 Å². The van der Waals surface area contributed by atoms with Gasteiger partial charge in [-0.1, -0.05) is 54.6 Å². The fourth-order valence-electron chi connectivity index (χ4n) is 5.08. The first-order valence-electron chi connectivity index (χ1n) is 11.3. The molecule has 0 bridgehead atoms. The van der Waals surface area contributed by atoms with E-state index in [4.69, 9.17) is 9.84 Å². The minimum absolute atomic E-state index is 0.0128. The summed E-state index contributed by atoms with van der Waals surface area (Å²) in [6.07, 6.45) is 3.21. The van der Waals surface area contributed by atoms with Gasteiger partial charge in [-0.15, -0.1) is 0 Å². The Morgan fingerprint density at radius 1 is 0.909 bits per heavy atom. The summed E-state index contributed by atoms with van der Waals surface area (Å²) in [6.45, 7) is 0.261. The fourth-order valence-corrected chi connectivity index (χ4v) is 5.08. The van der Waals surface area contributed by atoms with Crippen LogP contribution >= 0.6 is 0 Å². The molecule has 1 fully saturated rings. The van der Waals surface area contributed by atoms with Crippen molar-refractivity contribution in [1.82, 2.24) is 10.6 Å². The maximum Gasteiger partial charge on any atom is 0.407 e. The molecule has 0 aromatic heterocycles. The predicted molar refractivity (Wildman–Crippen MR) is 122 cm³/mol. The number of carboxylic acid groups (broad SMARTS) is 1. The zero-order valence-corrected chi connectivity index (χ0v) is 18.1. The molecule has 1 atom stereocenters. The predicted octanol–water partition coefficient (Wildman–Crippen LogP) is 3.59. The monoisotopic (exact) mass is 446 g/mol. The Labute approximate surface area is 191 Å². The van der Waals surface area contributed by atoms with E-state index < -0.39 is 12.1 Å². The number of ether oxygens (including phenoxy) is 1. The van der Waals surface area contributed by atoms with E-state index in [0.717, 1.165) is 0 Å². The van der Waals surface area contributed by atoms with E-state index >= 15 is 0 Å². The lowest BCUT2D eigenvalue weighted by molar-refractivity contribution is -0.133. The van der Waals surface area contributed by atoms with E-state index in [0.29, 0.717) is 31.3 Å². The zero-order valence-electron chi connectivity index (χ0n) is 18.1. The fraction of sp³-hybridized carbons (Fsp3) is 0.346. The van der Waals surface area contributed by atoms with Gasteiger partial charge < -0.3 is 20.5 Å². The lowest BCUT2D eigenvalue weighted by atomic mass is 9.79. The van der Waals surface area contributed by atoms with Crippen molar-refractivity contribution < 1.29 is 24.2 Å². The molecule has 7 heteroatoms. The first-order chi connectivity index (χ1) is 16.0. The number of amides is 2. The molecule has 0 saturated heterocycles. The van der Waals surface area contributed by atoms with Gasteiger partial charge in [0.05, 0.1) is 0 Å². The largest absolute Gasteiger partial charge is 0.478 e. The topological polar surface area (TPSA) is 105 Å². The molecule has 3 aliphatic carbocycles. The molecule has 1 saturated carbocycles. The Bertz CT molecular complexity index is 1090. The molecule has 0 spiro atoms. The summed E-state index contributed by atoms with van der Waals surface area (Å²) in [5.41, 5.74) is 5.05. The van der Waals surface area contributed by atoms with Gasteiger partial charge in [0.2, 0.25) is 5.91 Å². The molecule has 0 radical (unpaired) electrons. The third-order valence-corrected chi connectivity index (χ3v) is 6.91. The molecule has 2 amide bonds. The van der Waals surface area contributed by atoms with E-state index in [1.807, 2.05) is 24.3 Å². The highest BCUT2D eigenvalue weighted by molar-refractivity contribution is 5.88. The quantitative estimate of drug-likeness (QED) is 0.629. The van der Waals surface area contributed by atoms with Crippen LogP contribution in [-0.2, 0) is 14.3 Å². The Morgan fingerprint density at radius 2 is 1.55 bits per heavy atom. The molecule has 2 aromatic carbocycles. The molecule has 7 nitrogen and oxygen atoms in total. The van der Waals surface area contributed by atoms with E-state index in [9.17, 15) is 14.4 Å². The van der Waals surface area contributed by atoms with Gasteiger partial charge in [0.1, 0.15) is 6.61 Å². The van der Waals surface area contributed by atoms with Crippen LogP contribution in [0.1, 0.15) is 42.7 Å². The average molecular weight is 447 g/mol. The summed E-state index contributed by atoms with van der Waals surface area (Å²) in [5, 5.41) is 14.8. The van der Waals surface area contributed by atoms with Crippen LogP contribution < -0.4 is 10.6 Å². The summed E-state index contributed by atoms with van der Waals surface area (Å²) in [7, 11) is 0. The normalized spacial score (nSPS) is 23.0. The number of alkyl carbamates (subject to hydrolysis) is 1. The SMILES string of the molecule is O=C(NC1CC(C(=O)NC2CC=C(C(=O)O)C2)C1)OCC1c2ccccc2-c2ccccc21. The second kappa shape index (κ2) is 8.73. The van der Waals surface area contributed by atoms with Crippen LogP contribution in [0.2, 0.25) is 0 Å². The highest BCUT2D eigenvalue weighted by Gasteiger charge is 2.37. The molecule has 33 heavy (non-hydrogen) atoms. The number of carbonyl (C=O) groups excluding carboxylic acids is 2. The van der Waals surface area contributed by atoms with Crippen molar-refractivity contribution in [2.75, 3.05) is 6.61 Å². The third kappa shape index (κ3) is 4.23. The number of fused-ring (bicyclic) bond motifs is 3. The molecule has 5 rings (SSSR count). The molecule has 2 aromatic rings. The Balaban J connectivity index is 1.08. The second-order valence-corrected chi connectivity index (χ2v) is 9.01. The van der Waals surface area contributed by atoms with Crippen molar-refractivity contribution in [2.45, 2.75) is 43.7 Å². The summed E-state index contributed by atoms with van der Waals surface area (Å²) in [6, 6.07) is 16.1. The standard InChI is InChI=1S/C26H26N2O5/c29-24(27-17-10-9-15(11-17)25(30)31)16-12-18(13-16)28-26(32)33-14-23-21-7-3-1-5-19(21)20-6-2-4-8-22(20)23/h1-9,16-18,23H,10-14H2,(H,27,29)(H,28,32)(H,30,31). The Morgan fingerprint density at radius 3 is 2.15 bits per heavy atom. The molecule has 3 aliphatic rings. The van der Waals surface area contributed by atoms with E-state index in [1.165, 1.54) is 22.3 Å². The van der Waals surface area contributed by atoms with Crippen molar-refractivity contribution in [2.24, 2.45) is 5.92 Å². The molecular formula is C26H26N2O5. The van der Waals surface area contributed by atoms with Crippen molar-refractivity contribution in [3.63, 3.8) is 0 Å². The number of aliphatic carboxylic acids is 1. The van der Waals surface area contributed by atoms with Crippen molar-refractivity contribution in [1.29, 1.82) is 0 Å². The maximum atomic E-state index is 12.4. The van der Waals surface area contributed by atoms with Crippen LogP contribution in [0.25, 0.3) is 11.1 Å². The van der Waals surface area contributed by atoms with Gasteiger partial charge in [-0.3, -0.25) is 4.79 Å². The van der Waals surface area contributed by atoms with Crippen LogP contribution in [0.4, 0.5) is 4.79 Å². The van der Waals surface area contributed by atoms with E-state index in [-0.39, 0.29) is 36.4 Å². The van der Waals surface area contributed by atoms with Crippen LogP contribution in [0.3, 0.4) is 0 Å². The molecule has 1 unspecified atom stereocenters. The van der Waals surface area contributed by atoms with Crippen molar-refractivity contribution in [3.05, 3.63) is 71.3 Å². The maximum absolute atomic E-state index is 12.4. The summed E-state index contributed by atoms with van der Waals surface area (Å²) < 4.78 is 5.57. The van der Waals surface area contributed by atoms with Gasteiger partial charge in [-0.05, 0) is 47.9 Å². The highest BCUT2D eigenvalue weighted by Crippen LogP contribution is 2.44. The number of carbonyl (C=O) groups is 3. The number of benzene rings is 2. The first-order valence-corrected chi connectivity index (χ1v) is 11.3. The zero-order chi connectivity index (χ0) is 22.9. The molecule has 3 N–H and O–H groups in total. The second-order valence-electron chi connectivity index (χ2n) is 9.01.